The minimum absolute atomic E-state index is 0. The van der Waals surface area contributed by atoms with Gasteiger partial charge in [-0.3, -0.25) is 4.79 Å². The number of hydrogen-bond acceptors (Lipinski definition) is 2. The van der Waals surface area contributed by atoms with E-state index in [0.29, 0.717) is 12.3 Å². The van der Waals surface area contributed by atoms with Gasteiger partial charge in [0, 0.05) is 12.1 Å². The number of amides is 1. The van der Waals surface area contributed by atoms with E-state index in [9.17, 15) is 18.0 Å². The highest BCUT2D eigenvalue weighted by Gasteiger charge is 2.30. The molecule has 1 amide bonds. The van der Waals surface area contributed by atoms with Crippen molar-refractivity contribution in [3.63, 3.8) is 0 Å². The van der Waals surface area contributed by atoms with E-state index in [2.05, 4.69) is 10.6 Å². The third kappa shape index (κ3) is 6.03. The summed E-state index contributed by atoms with van der Waals surface area (Å²) in [5.41, 5.74) is -0.561. The number of halogens is 4. The zero-order chi connectivity index (χ0) is 16.2. The second-order valence-corrected chi connectivity index (χ2v) is 5.90. The summed E-state index contributed by atoms with van der Waals surface area (Å²) in [5.74, 6) is 0.492. The molecule has 2 N–H and O–H groups in total. The number of carbonyl (C=O) groups is 1. The molecule has 0 saturated carbocycles. The lowest BCUT2D eigenvalue weighted by Crippen LogP contribution is -2.32. The minimum Gasteiger partial charge on any atom is -0.326 e. The van der Waals surface area contributed by atoms with Gasteiger partial charge < -0.3 is 10.6 Å². The quantitative estimate of drug-likeness (QED) is 0.858. The Morgan fingerprint density at radius 1 is 1.35 bits per heavy atom. The number of anilines is 1. The zero-order valence-corrected chi connectivity index (χ0v) is 13.8. The van der Waals surface area contributed by atoms with Gasteiger partial charge in [-0.25, -0.2) is 0 Å². The molecule has 0 aromatic heterocycles. The maximum absolute atomic E-state index is 12.6. The molecule has 1 aromatic carbocycles. The van der Waals surface area contributed by atoms with Gasteiger partial charge >= 0.3 is 6.18 Å². The van der Waals surface area contributed by atoms with Crippen molar-refractivity contribution in [3.8, 4) is 0 Å². The molecule has 1 aliphatic heterocycles. The van der Waals surface area contributed by atoms with Gasteiger partial charge in [0.25, 0.3) is 0 Å². The maximum atomic E-state index is 12.6. The number of rotatable bonds is 4. The van der Waals surface area contributed by atoms with Crippen molar-refractivity contribution in [2.75, 3.05) is 18.4 Å². The molecule has 1 saturated heterocycles. The van der Waals surface area contributed by atoms with Crippen LogP contribution in [0.2, 0.25) is 0 Å². The summed E-state index contributed by atoms with van der Waals surface area (Å²) in [6.45, 7) is 3.95. The third-order valence-corrected chi connectivity index (χ3v) is 4.17. The average Bonchev–Trinajstić information content (AvgIpc) is 2.47. The van der Waals surface area contributed by atoms with Crippen LogP contribution in [0.3, 0.4) is 0 Å². The van der Waals surface area contributed by atoms with E-state index >= 15 is 0 Å². The second kappa shape index (κ2) is 8.55. The standard InChI is InChI=1S/C16H21F3N2O.ClH/c1-11(12-5-7-20-8-6-12)9-15(22)21-14-4-2-3-13(10-14)16(17,18)19;/h2-4,10-12,20H,5-9H2,1H3,(H,21,22);1H. The van der Waals surface area contributed by atoms with E-state index in [4.69, 9.17) is 0 Å². The van der Waals surface area contributed by atoms with Crippen molar-refractivity contribution in [2.45, 2.75) is 32.4 Å². The van der Waals surface area contributed by atoms with Crippen LogP contribution >= 0.6 is 12.4 Å². The van der Waals surface area contributed by atoms with Crippen LogP contribution in [0.15, 0.2) is 24.3 Å². The monoisotopic (exact) mass is 350 g/mol. The van der Waals surface area contributed by atoms with Crippen LogP contribution < -0.4 is 10.6 Å². The lowest BCUT2D eigenvalue weighted by atomic mass is 9.84. The second-order valence-electron chi connectivity index (χ2n) is 5.90. The fraction of sp³-hybridized carbons (Fsp3) is 0.562. The Hall–Kier alpha value is -1.27. The van der Waals surface area contributed by atoms with Crippen LogP contribution in [0.25, 0.3) is 0 Å². The van der Waals surface area contributed by atoms with Crippen LogP contribution in [0, 0.1) is 11.8 Å². The predicted molar refractivity (Wildman–Crippen MR) is 86.7 cm³/mol. The van der Waals surface area contributed by atoms with Crippen molar-refractivity contribution in [2.24, 2.45) is 11.8 Å². The Labute approximate surface area is 140 Å². The first-order valence-corrected chi connectivity index (χ1v) is 7.54. The molecular weight excluding hydrogens is 329 g/mol. The van der Waals surface area contributed by atoms with E-state index in [1.807, 2.05) is 6.92 Å². The molecule has 0 aliphatic carbocycles. The third-order valence-electron chi connectivity index (χ3n) is 4.17. The fourth-order valence-electron chi connectivity index (χ4n) is 2.86. The van der Waals surface area contributed by atoms with Crippen LogP contribution in [0.1, 0.15) is 31.7 Å². The van der Waals surface area contributed by atoms with Crippen molar-refractivity contribution in [1.29, 1.82) is 0 Å². The Balaban J connectivity index is 0.00000264. The highest BCUT2D eigenvalue weighted by atomic mass is 35.5. The minimum atomic E-state index is -4.40. The maximum Gasteiger partial charge on any atom is 0.416 e. The Morgan fingerprint density at radius 3 is 2.61 bits per heavy atom. The van der Waals surface area contributed by atoms with E-state index in [-0.39, 0.29) is 29.9 Å². The zero-order valence-electron chi connectivity index (χ0n) is 13.0. The van der Waals surface area contributed by atoms with E-state index in [1.165, 1.54) is 12.1 Å². The molecule has 0 spiro atoms. The summed E-state index contributed by atoms with van der Waals surface area (Å²) in [6, 6.07) is 4.73. The van der Waals surface area contributed by atoms with Crippen LogP contribution in [0.5, 0.6) is 0 Å². The normalized spacial score (nSPS) is 17.2. The van der Waals surface area contributed by atoms with E-state index in [1.54, 1.807) is 0 Å². The Kier molecular flexibility index (Phi) is 7.35. The largest absolute Gasteiger partial charge is 0.416 e. The first kappa shape index (κ1) is 19.8. The fourth-order valence-corrected chi connectivity index (χ4v) is 2.86. The molecule has 0 bridgehead atoms. The highest BCUT2D eigenvalue weighted by Crippen LogP contribution is 2.31. The summed E-state index contributed by atoms with van der Waals surface area (Å²) >= 11 is 0. The molecule has 1 aliphatic rings. The van der Waals surface area contributed by atoms with Crippen LogP contribution in [-0.4, -0.2) is 19.0 Å². The smallest absolute Gasteiger partial charge is 0.326 e. The van der Waals surface area contributed by atoms with Gasteiger partial charge in [0.15, 0.2) is 0 Å². The summed E-state index contributed by atoms with van der Waals surface area (Å²) in [5, 5.41) is 5.85. The van der Waals surface area contributed by atoms with E-state index < -0.39 is 11.7 Å². The molecule has 7 heteroatoms. The van der Waals surface area contributed by atoms with Gasteiger partial charge in [0.05, 0.1) is 5.56 Å². The molecule has 2 rings (SSSR count). The SMILES string of the molecule is CC(CC(=O)Nc1cccc(C(F)(F)F)c1)C1CCNCC1.Cl. The van der Waals surface area contributed by atoms with Gasteiger partial charge in [-0.2, -0.15) is 13.2 Å². The Bertz CT molecular complexity index is 516. The lowest BCUT2D eigenvalue weighted by Gasteiger charge is -2.27. The van der Waals surface area contributed by atoms with Gasteiger partial charge in [0.1, 0.15) is 0 Å². The van der Waals surface area contributed by atoms with Crippen molar-refractivity contribution < 1.29 is 18.0 Å². The number of hydrogen-bond donors (Lipinski definition) is 2. The predicted octanol–water partition coefficient (Wildman–Crippen LogP) is 4.09. The number of benzene rings is 1. The van der Waals surface area contributed by atoms with Gasteiger partial charge in [-0.05, 0) is 56.0 Å². The Morgan fingerprint density at radius 2 is 2.00 bits per heavy atom. The molecule has 130 valence electrons. The summed E-state index contributed by atoms with van der Waals surface area (Å²) < 4.78 is 37.9. The highest BCUT2D eigenvalue weighted by molar-refractivity contribution is 5.90. The molecule has 3 nitrogen and oxygen atoms in total. The number of alkyl halides is 3. The lowest BCUT2D eigenvalue weighted by molar-refractivity contribution is -0.137. The van der Waals surface area contributed by atoms with Gasteiger partial charge in [0.2, 0.25) is 5.91 Å². The molecular formula is C16H22ClF3N2O. The van der Waals surface area contributed by atoms with Crippen molar-refractivity contribution >= 4 is 24.0 Å². The van der Waals surface area contributed by atoms with Gasteiger partial charge in [-0.1, -0.05) is 13.0 Å². The van der Waals surface area contributed by atoms with Crippen LogP contribution in [-0.2, 0) is 11.0 Å². The van der Waals surface area contributed by atoms with Crippen molar-refractivity contribution in [3.05, 3.63) is 29.8 Å². The summed E-state index contributed by atoms with van der Waals surface area (Å²) in [6.07, 6.45) is -1.99. The number of nitrogens with one attached hydrogen (secondary N) is 2. The number of carbonyl (C=O) groups excluding carboxylic acids is 1. The van der Waals surface area contributed by atoms with Gasteiger partial charge in [-0.15, -0.1) is 12.4 Å². The molecule has 1 aromatic rings. The molecule has 1 fully saturated rings. The molecule has 1 unspecified atom stereocenters. The topological polar surface area (TPSA) is 41.1 Å². The number of piperidine rings is 1. The average molecular weight is 351 g/mol. The first-order valence-electron chi connectivity index (χ1n) is 7.54. The molecule has 23 heavy (non-hydrogen) atoms. The first-order chi connectivity index (χ1) is 10.4. The molecule has 0 radical (unpaired) electrons. The van der Waals surface area contributed by atoms with Crippen LogP contribution in [0.4, 0.5) is 18.9 Å². The molecule has 1 heterocycles. The van der Waals surface area contributed by atoms with Crippen molar-refractivity contribution in [1.82, 2.24) is 5.32 Å². The summed E-state index contributed by atoms with van der Waals surface area (Å²) in [4.78, 5) is 12.0. The van der Waals surface area contributed by atoms with E-state index in [0.717, 1.165) is 38.1 Å². The molecule has 1 atom stereocenters. The summed E-state index contributed by atoms with van der Waals surface area (Å²) in [7, 11) is 0.